The van der Waals surface area contributed by atoms with Gasteiger partial charge in [0.1, 0.15) is 5.02 Å². The quantitative estimate of drug-likeness (QED) is 0.612. The van der Waals surface area contributed by atoms with Gasteiger partial charge in [-0.2, -0.15) is 0 Å². The number of nitro benzene ring substituents is 1. The minimum absolute atomic E-state index is 0.0772. The Balaban J connectivity index is 2.36. The lowest BCUT2D eigenvalue weighted by Gasteiger charge is -2.21. The zero-order chi connectivity index (χ0) is 13.3. The van der Waals surface area contributed by atoms with Crippen LogP contribution in [-0.4, -0.2) is 28.3 Å². The molecule has 0 aromatic heterocycles. The second-order valence-corrected chi connectivity index (χ2v) is 4.76. The summed E-state index contributed by atoms with van der Waals surface area (Å²) >= 11 is 5.94. The molecule has 0 spiro atoms. The molecule has 6 heteroatoms. The van der Waals surface area contributed by atoms with Gasteiger partial charge in [0.15, 0.2) is 0 Å². The van der Waals surface area contributed by atoms with Gasteiger partial charge in [-0.1, -0.05) is 17.7 Å². The SMILES string of the molecule is CC1CCCN1C(=O)c1cccc([N+](=O)[O-])c1Cl. The zero-order valence-electron chi connectivity index (χ0n) is 9.93. The number of rotatable bonds is 2. The van der Waals surface area contributed by atoms with Crippen molar-refractivity contribution in [3.8, 4) is 0 Å². The number of halogens is 1. The lowest BCUT2D eigenvalue weighted by Crippen LogP contribution is -2.33. The molecule has 1 aliphatic heterocycles. The van der Waals surface area contributed by atoms with Crippen molar-refractivity contribution in [2.45, 2.75) is 25.8 Å². The van der Waals surface area contributed by atoms with E-state index in [1.807, 2.05) is 6.92 Å². The molecule has 2 rings (SSSR count). The molecule has 96 valence electrons. The second-order valence-electron chi connectivity index (χ2n) is 4.39. The molecule has 0 N–H and O–H groups in total. The summed E-state index contributed by atoms with van der Waals surface area (Å²) in [6.45, 7) is 2.65. The molecule has 1 fully saturated rings. The number of benzene rings is 1. The average Bonchev–Trinajstić information content (AvgIpc) is 2.74. The van der Waals surface area contributed by atoms with Crippen molar-refractivity contribution in [1.82, 2.24) is 4.90 Å². The number of hydrogen-bond donors (Lipinski definition) is 0. The summed E-state index contributed by atoms with van der Waals surface area (Å²) in [4.78, 5) is 24.2. The molecule has 0 aliphatic carbocycles. The molecule has 0 saturated carbocycles. The van der Waals surface area contributed by atoms with E-state index in [1.165, 1.54) is 18.2 Å². The van der Waals surface area contributed by atoms with Crippen molar-refractivity contribution in [3.05, 3.63) is 38.9 Å². The van der Waals surface area contributed by atoms with Gasteiger partial charge in [-0.15, -0.1) is 0 Å². The van der Waals surface area contributed by atoms with E-state index in [9.17, 15) is 14.9 Å². The van der Waals surface area contributed by atoms with E-state index in [-0.39, 0.29) is 28.2 Å². The van der Waals surface area contributed by atoms with Crippen LogP contribution in [0.5, 0.6) is 0 Å². The summed E-state index contributed by atoms with van der Waals surface area (Å²) in [6.07, 6.45) is 1.91. The third kappa shape index (κ3) is 2.18. The first-order valence-electron chi connectivity index (χ1n) is 5.76. The maximum absolute atomic E-state index is 12.3. The highest BCUT2D eigenvalue weighted by Crippen LogP contribution is 2.30. The first kappa shape index (κ1) is 12.8. The Labute approximate surface area is 109 Å². The molecule has 1 heterocycles. The fraction of sp³-hybridized carbons (Fsp3) is 0.417. The molecule has 1 atom stereocenters. The molecule has 1 unspecified atom stereocenters. The van der Waals surface area contributed by atoms with E-state index < -0.39 is 4.92 Å². The van der Waals surface area contributed by atoms with Gasteiger partial charge in [-0.25, -0.2) is 0 Å². The Hall–Kier alpha value is -1.62. The predicted molar refractivity (Wildman–Crippen MR) is 67.8 cm³/mol. The lowest BCUT2D eigenvalue weighted by molar-refractivity contribution is -0.384. The topological polar surface area (TPSA) is 63.5 Å². The average molecular weight is 269 g/mol. The van der Waals surface area contributed by atoms with Gasteiger partial charge in [0, 0.05) is 18.7 Å². The highest BCUT2D eigenvalue weighted by Gasteiger charge is 2.29. The number of carbonyl (C=O) groups excluding carboxylic acids is 1. The normalized spacial score (nSPS) is 19.0. The summed E-state index contributed by atoms with van der Waals surface area (Å²) in [7, 11) is 0. The van der Waals surface area contributed by atoms with Gasteiger partial charge < -0.3 is 4.90 Å². The van der Waals surface area contributed by atoms with Gasteiger partial charge in [0.2, 0.25) is 0 Å². The Morgan fingerprint density at radius 1 is 1.56 bits per heavy atom. The van der Waals surface area contributed by atoms with Crippen LogP contribution >= 0.6 is 11.6 Å². The summed E-state index contributed by atoms with van der Waals surface area (Å²) in [5.41, 5.74) is -0.0195. The minimum Gasteiger partial charge on any atom is -0.336 e. The molecule has 0 radical (unpaired) electrons. The van der Waals surface area contributed by atoms with Crippen LogP contribution in [0, 0.1) is 10.1 Å². The Kier molecular flexibility index (Phi) is 3.52. The number of amides is 1. The van der Waals surface area contributed by atoms with Gasteiger partial charge in [0.05, 0.1) is 10.5 Å². The van der Waals surface area contributed by atoms with Crippen LogP contribution < -0.4 is 0 Å². The maximum atomic E-state index is 12.3. The van der Waals surface area contributed by atoms with Crippen molar-refractivity contribution in [2.75, 3.05) is 6.54 Å². The van der Waals surface area contributed by atoms with Crippen molar-refractivity contribution >= 4 is 23.2 Å². The molecule has 5 nitrogen and oxygen atoms in total. The number of nitrogens with zero attached hydrogens (tertiary/aromatic N) is 2. The molecule has 1 saturated heterocycles. The van der Waals surface area contributed by atoms with E-state index >= 15 is 0 Å². The third-order valence-electron chi connectivity index (χ3n) is 3.22. The molecule has 1 aromatic rings. The molecular weight excluding hydrogens is 256 g/mol. The van der Waals surface area contributed by atoms with Crippen molar-refractivity contribution < 1.29 is 9.72 Å². The highest BCUT2D eigenvalue weighted by molar-refractivity contribution is 6.35. The predicted octanol–water partition coefficient (Wildman–Crippen LogP) is 2.87. The first-order chi connectivity index (χ1) is 8.52. The van der Waals surface area contributed by atoms with Gasteiger partial charge in [-0.05, 0) is 25.8 Å². The zero-order valence-corrected chi connectivity index (χ0v) is 10.7. The van der Waals surface area contributed by atoms with Crippen molar-refractivity contribution in [1.29, 1.82) is 0 Å². The Morgan fingerprint density at radius 3 is 2.83 bits per heavy atom. The summed E-state index contributed by atoms with van der Waals surface area (Å²) in [5, 5.41) is 10.7. The Bertz CT molecular complexity index is 504. The molecule has 0 bridgehead atoms. The lowest BCUT2D eigenvalue weighted by atomic mass is 10.1. The summed E-state index contributed by atoms with van der Waals surface area (Å²) < 4.78 is 0. The van der Waals surface area contributed by atoms with Crippen LogP contribution in [0.25, 0.3) is 0 Å². The van der Waals surface area contributed by atoms with E-state index in [0.717, 1.165) is 12.8 Å². The molecular formula is C12H13ClN2O3. The second kappa shape index (κ2) is 4.94. The smallest absolute Gasteiger partial charge is 0.288 e. The first-order valence-corrected chi connectivity index (χ1v) is 6.14. The van der Waals surface area contributed by atoms with Crippen molar-refractivity contribution in [2.24, 2.45) is 0 Å². The van der Waals surface area contributed by atoms with Gasteiger partial charge in [0.25, 0.3) is 11.6 Å². The van der Waals surface area contributed by atoms with E-state index in [2.05, 4.69) is 0 Å². The fourth-order valence-corrected chi connectivity index (χ4v) is 2.49. The molecule has 1 amide bonds. The number of carbonyl (C=O) groups is 1. The standard InChI is InChI=1S/C12H13ClN2O3/c1-8-4-3-7-14(8)12(16)9-5-2-6-10(11(9)13)15(17)18/h2,5-6,8H,3-4,7H2,1H3. The molecule has 1 aromatic carbocycles. The van der Waals surface area contributed by atoms with Crippen LogP contribution in [0.3, 0.4) is 0 Å². The number of hydrogen-bond acceptors (Lipinski definition) is 3. The monoisotopic (exact) mass is 268 g/mol. The summed E-state index contributed by atoms with van der Waals surface area (Å²) in [5.74, 6) is -0.228. The highest BCUT2D eigenvalue weighted by atomic mass is 35.5. The van der Waals surface area contributed by atoms with Crippen LogP contribution in [0.4, 0.5) is 5.69 Å². The van der Waals surface area contributed by atoms with Crippen LogP contribution in [0.1, 0.15) is 30.1 Å². The fourth-order valence-electron chi connectivity index (χ4n) is 2.22. The summed E-state index contributed by atoms with van der Waals surface area (Å²) in [6, 6.07) is 4.47. The van der Waals surface area contributed by atoms with Crippen LogP contribution in [0.2, 0.25) is 5.02 Å². The van der Waals surface area contributed by atoms with Gasteiger partial charge in [-0.3, -0.25) is 14.9 Å². The van der Waals surface area contributed by atoms with Crippen molar-refractivity contribution in [3.63, 3.8) is 0 Å². The van der Waals surface area contributed by atoms with E-state index in [1.54, 1.807) is 4.90 Å². The maximum Gasteiger partial charge on any atom is 0.288 e. The number of likely N-dealkylation sites (tertiary alicyclic amines) is 1. The Morgan fingerprint density at radius 2 is 2.28 bits per heavy atom. The minimum atomic E-state index is -0.577. The molecule has 18 heavy (non-hydrogen) atoms. The number of nitro groups is 1. The molecule has 1 aliphatic rings. The van der Waals surface area contributed by atoms with Crippen LogP contribution in [-0.2, 0) is 0 Å². The van der Waals surface area contributed by atoms with E-state index in [0.29, 0.717) is 6.54 Å². The largest absolute Gasteiger partial charge is 0.336 e. The van der Waals surface area contributed by atoms with Gasteiger partial charge >= 0.3 is 0 Å². The third-order valence-corrected chi connectivity index (χ3v) is 3.62. The van der Waals surface area contributed by atoms with Crippen LogP contribution in [0.15, 0.2) is 18.2 Å². The van der Waals surface area contributed by atoms with E-state index in [4.69, 9.17) is 11.6 Å².